The highest BCUT2D eigenvalue weighted by atomic mass is 35.5. The van der Waals surface area contributed by atoms with E-state index in [1.165, 1.54) is 5.56 Å². The molecular weight excluding hydrogens is 524 g/mol. The van der Waals surface area contributed by atoms with Crippen molar-refractivity contribution < 1.29 is 5.11 Å². The van der Waals surface area contributed by atoms with Gasteiger partial charge in [-0.15, -0.1) is 24.8 Å². The summed E-state index contributed by atoms with van der Waals surface area (Å²) in [5.41, 5.74) is 3.53. The van der Waals surface area contributed by atoms with Crippen LogP contribution in [0.5, 0.6) is 0 Å². The van der Waals surface area contributed by atoms with Crippen LogP contribution in [0.2, 0.25) is 10.0 Å². The second-order valence-electron chi connectivity index (χ2n) is 8.97. The van der Waals surface area contributed by atoms with Gasteiger partial charge in [0.2, 0.25) is 0 Å². The van der Waals surface area contributed by atoms with Gasteiger partial charge in [-0.2, -0.15) is 0 Å². The molecular formula is C27H31Cl4N3O. The monoisotopic (exact) mass is 553 g/mol. The molecule has 0 saturated carbocycles. The number of rotatable bonds is 7. The highest BCUT2D eigenvalue weighted by Crippen LogP contribution is 2.33. The maximum atomic E-state index is 11.0. The first-order valence-electron chi connectivity index (χ1n) is 11.6. The van der Waals surface area contributed by atoms with Crippen molar-refractivity contribution in [3.8, 4) is 0 Å². The number of nitrogens with zero attached hydrogens (tertiary/aromatic N) is 3. The molecule has 1 fully saturated rings. The predicted octanol–water partition coefficient (Wildman–Crippen LogP) is 6.17. The smallest absolute Gasteiger partial charge is 0.0845 e. The molecule has 0 amide bonds. The van der Waals surface area contributed by atoms with Crippen molar-refractivity contribution in [2.45, 2.75) is 19.1 Å². The third kappa shape index (κ3) is 6.64. The average molecular weight is 555 g/mol. The minimum atomic E-state index is -0.453. The quantitative estimate of drug-likeness (QED) is 0.296. The van der Waals surface area contributed by atoms with E-state index in [0.717, 1.165) is 61.0 Å². The van der Waals surface area contributed by atoms with Crippen LogP contribution in [0.4, 0.5) is 0 Å². The molecule has 0 bridgehead atoms. The molecule has 1 aliphatic heterocycles. The fourth-order valence-electron chi connectivity index (χ4n) is 4.94. The van der Waals surface area contributed by atoms with E-state index < -0.39 is 6.10 Å². The predicted molar refractivity (Wildman–Crippen MR) is 153 cm³/mol. The molecule has 8 heteroatoms. The molecule has 188 valence electrons. The molecule has 3 aromatic carbocycles. The first-order valence-corrected chi connectivity index (χ1v) is 12.4. The minimum Gasteiger partial charge on any atom is -0.390 e. The summed E-state index contributed by atoms with van der Waals surface area (Å²) in [5, 5.41) is 14.5. The number of benzene rings is 3. The van der Waals surface area contributed by atoms with Gasteiger partial charge in [0.25, 0.3) is 0 Å². The summed E-state index contributed by atoms with van der Waals surface area (Å²) >= 11 is 12.5. The lowest BCUT2D eigenvalue weighted by molar-refractivity contribution is 0.0659. The Balaban J connectivity index is 0.00000171. The summed E-state index contributed by atoms with van der Waals surface area (Å²) < 4.78 is 2.19. The van der Waals surface area contributed by atoms with Crippen molar-refractivity contribution in [3.05, 3.63) is 82.3 Å². The molecule has 1 aromatic heterocycles. The Hall–Kier alpha value is -1.50. The summed E-state index contributed by atoms with van der Waals surface area (Å²) in [6, 6.07) is 22.5. The van der Waals surface area contributed by atoms with E-state index in [9.17, 15) is 5.11 Å². The van der Waals surface area contributed by atoms with E-state index in [2.05, 4.69) is 44.7 Å². The Bertz CT molecular complexity index is 1180. The van der Waals surface area contributed by atoms with Crippen LogP contribution in [0.3, 0.4) is 0 Å². The number of fused-ring (bicyclic) bond motifs is 3. The van der Waals surface area contributed by atoms with Crippen molar-refractivity contribution in [2.75, 3.05) is 39.3 Å². The summed E-state index contributed by atoms with van der Waals surface area (Å²) in [6.07, 6.45) is 0.636. The van der Waals surface area contributed by atoms with Gasteiger partial charge in [0.05, 0.1) is 12.6 Å². The molecule has 5 rings (SSSR count). The van der Waals surface area contributed by atoms with Crippen molar-refractivity contribution in [2.24, 2.45) is 0 Å². The fraction of sp³-hybridized carbons (Fsp3) is 0.333. The van der Waals surface area contributed by atoms with E-state index in [-0.39, 0.29) is 24.8 Å². The number of halogens is 4. The number of aromatic nitrogens is 1. The molecule has 1 aliphatic rings. The van der Waals surface area contributed by atoms with Crippen molar-refractivity contribution >= 4 is 69.8 Å². The number of piperazine rings is 1. The Morgan fingerprint density at radius 1 is 0.714 bits per heavy atom. The SMILES string of the molecule is Cl.Cl.OC(CN1CCN(CCc2ccccc2)CC1)Cn1c2ccc(Cl)cc2c2cc(Cl)ccc21. The fourth-order valence-corrected chi connectivity index (χ4v) is 5.28. The first-order chi connectivity index (χ1) is 16.1. The number of hydrogen-bond donors (Lipinski definition) is 1. The standard InChI is InChI=1S/C27H29Cl2N3O.2ClH/c28-21-6-8-26-24(16-21)25-17-22(29)7-9-27(25)32(26)19-23(33)18-31-14-12-30(13-15-31)11-10-20-4-2-1-3-5-20;;/h1-9,16-17,23,33H,10-15,18-19H2;2*1H. The molecule has 1 N–H and O–H groups in total. The highest BCUT2D eigenvalue weighted by molar-refractivity contribution is 6.33. The Kier molecular flexibility index (Phi) is 10.1. The van der Waals surface area contributed by atoms with Gasteiger partial charge in [0, 0.05) is 71.1 Å². The lowest BCUT2D eigenvalue weighted by Crippen LogP contribution is -2.49. The van der Waals surface area contributed by atoms with Crippen molar-refractivity contribution in [3.63, 3.8) is 0 Å². The summed E-state index contributed by atoms with van der Waals surface area (Å²) in [5.74, 6) is 0. The Morgan fingerprint density at radius 3 is 1.83 bits per heavy atom. The van der Waals surface area contributed by atoms with Crippen LogP contribution in [-0.2, 0) is 13.0 Å². The van der Waals surface area contributed by atoms with Gasteiger partial charge >= 0.3 is 0 Å². The van der Waals surface area contributed by atoms with E-state index >= 15 is 0 Å². The second kappa shape index (κ2) is 12.6. The van der Waals surface area contributed by atoms with E-state index in [0.29, 0.717) is 23.1 Å². The van der Waals surface area contributed by atoms with Gasteiger partial charge in [-0.3, -0.25) is 4.90 Å². The lowest BCUT2D eigenvalue weighted by atomic mass is 10.1. The lowest BCUT2D eigenvalue weighted by Gasteiger charge is -2.35. The van der Waals surface area contributed by atoms with E-state index in [1.54, 1.807) is 0 Å². The third-order valence-corrected chi connectivity index (χ3v) is 7.15. The van der Waals surface area contributed by atoms with E-state index in [1.807, 2.05) is 36.4 Å². The van der Waals surface area contributed by atoms with Crippen molar-refractivity contribution in [1.29, 1.82) is 0 Å². The van der Waals surface area contributed by atoms with Gasteiger partial charge in [0.15, 0.2) is 0 Å². The molecule has 0 radical (unpaired) electrons. The topological polar surface area (TPSA) is 31.6 Å². The molecule has 0 spiro atoms. The van der Waals surface area contributed by atoms with Gasteiger partial charge in [0.1, 0.15) is 0 Å². The number of β-amino-alcohol motifs (C(OH)–C–C–N with tert-alkyl or cyclic N) is 1. The second-order valence-corrected chi connectivity index (χ2v) is 9.84. The van der Waals surface area contributed by atoms with Gasteiger partial charge in [-0.1, -0.05) is 53.5 Å². The zero-order valence-electron chi connectivity index (χ0n) is 19.4. The first kappa shape index (κ1) is 28.1. The number of aliphatic hydroxyl groups is 1. The van der Waals surface area contributed by atoms with Gasteiger partial charge < -0.3 is 14.6 Å². The summed E-state index contributed by atoms with van der Waals surface area (Å²) in [7, 11) is 0. The maximum absolute atomic E-state index is 11.0. The van der Waals surface area contributed by atoms with Crippen LogP contribution in [0, 0.1) is 0 Å². The zero-order chi connectivity index (χ0) is 22.8. The molecule has 2 heterocycles. The Morgan fingerprint density at radius 2 is 1.26 bits per heavy atom. The van der Waals surface area contributed by atoms with Crippen LogP contribution >= 0.6 is 48.0 Å². The molecule has 0 aliphatic carbocycles. The molecule has 1 saturated heterocycles. The minimum absolute atomic E-state index is 0. The average Bonchev–Trinajstić information content (AvgIpc) is 3.11. The van der Waals surface area contributed by atoms with E-state index in [4.69, 9.17) is 23.2 Å². The van der Waals surface area contributed by atoms with Gasteiger partial charge in [-0.25, -0.2) is 0 Å². The zero-order valence-corrected chi connectivity index (χ0v) is 22.6. The number of aliphatic hydroxyl groups excluding tert-OH is 1. The van der Waals surface area contributed by atoms with Crippen LogP contribution in [0.25, 0.3) is 21.8 Å². The summed E-state index contributed by atoms with van der Waals surface area (Å²) in [4.78, 5) is 4.90. The largest absolute Gasteiger partial charge is 0.390 e. The van der Waals surface area contributed by atoms with Crippen LogP contribution in [-0.4, -0.2) is 64.8 Å². The summed E-state index contributed by atoms with van der Waals surface area (Å²) in [6.45, 7) is 6.38. The molecule has 1 atom stereocenters. The Labute approximate surface area is 229 Å². The number of hydrogen-bond acceptors (Lipinski definition) is 3. The molecule has 35 heavy (non-hydrogen) atoms. The van der Waals surface area contributed by atoms with Crippen molar-refractivity contribution in [1.82, 2.24) is 14.4 Å². The molecule has 4 aromatic rings. The molecule has 4 nitrogen and oxygen atoms in total. The normalized spacial score (nSPS) is 15.6. The van der Waals surface area contributed by atoms with Gasteiger partial charge in [-0.05, 0) is 48.4 Å². The molecule has 1 unspecified atom stereocenters. The van der Waals surface area contributed by atoms with Crippen LogP contribution < -0.4 is 0 Å². The van der Waals surface area contributed by atoms with Crippen LogP contribution in [0.1, 0.15) is 5.56 Å². The van der Waals surface area contributed by atoms with Crippen LogP contribution in [0.15, 0.2) is 66.7 Å². The highest BCUT2D eigenvalue weighted by Gasteiger charge is 2.21. The maximum Gasteiger partial charge on any atom is 0.0845 e. The third-order valence-electron chi connectivity index (χ3n) is 6.68.